The fourth-order valence-electron chi connectivity index (χ4n) is 1.48. The molecule has 0 amide bonds. The van der Waals surface area contributed by atoms with Crippen LogP contribution in [0.25, 0.3) is 0 Å². The van der Waals surface area contributed by atoms with Crippen molar-refractivity contribution in [3.8, 4) is 0 Å². The lowest BCUT2D eigenvalue weighted by Gasteiger charge is -2.23. The van der Waals surface area contributed by atoms with E-state index in [4.69, 9.17) is 0 Å². The lowest BCUT2D eigenvalue weighted by atomic mass is 10.2. The van der Waals surface area contributed by atoms with Gasteiger partial charge in [-0.1, -0.05) is 11.3 Å². The third kappa shape index (κ3) is 2.88. The van der Waals surface area contributed by atoms with Crippen LogP contribution in [0.15, 0.2) is 12.1 Å². The van der Waals surface area contributed by atoms with Gasteiger partial charge in [0.2, 0.25) is 0 Å². The third-order valence-corrected chi connectivity index (χ3v) is 3.33. The average molecular weight is 250 g/mol. The first-order chi connectivity index (χ1) is 6.77. The number of nitrogens with one attached hydrogen (secondary N) is 2. The molecule has 2 N–H and O–H groups in total. The van der Waals surface area contributed by atoms with Crippen molar-refractivity contribution in [2.24, 2.45) is 0 Å². The molecule has 1 aliphatic rings. The van der Waals surface area contributed by atoms with Gasteiger partial charge >= 0.3 is 5.00 Å². The molecule has 2 rings (SSSR count). The molecule has 1 aromatic rings. The number of nitro groups is 1. The van der Waals surface area contributed by atoms with Crippen molar-refractivity contribution in [3.63, 3.8) is 0 Å². The van der Waals surface area contributed by atoms with Crippen LogP contribution < -0.4 is 10.6 Å². The lowest BCUT2D eigenvalue weighted by Crippen LogP contribution is -2.42. The molecule has 1 saturated heterocycles. The third-order valence-electron chi connectivity index (χ3n) is 2.18. The van der Waals surface area contributed by atoms with E-state index in [0.717, 1.165) is 24.5 Å². The number of nitrogens with zero attached hydrogens (tertiary/aromatic N) is 1. The first-order valence-electron chi connectivity index (χ1n) is 4.45. The number of hydrogen-bond donors (Lipinski definition) is 2. The van der Waals surface area contributed by atoms with Crippen LogP contribution in [0.2, 0.25) is 0 Å². The van der Waals surface area contributed by atoms with Gasteiger partial charge in [0.05, 0.1) is 11.0 Å². The molecule has 1 fully saturated rings. The molecular formula is C8H12ClN3O2S. The van der Waals surface area contributed by atoms with Gasteiger partial charge in [-0.25, -0.2) is 0 Å². The summed E-state index contributed by atoms with van der Waals surface area (Å²) in [5.41, 5.74) is 0. The van der Waals surface area contributed by atoms with Crippen molar-refractivity contribution >= 4 is 28.7 Å². The van der Waals surface area contributed by atoms with Crippen molar-refractivity contribution in [1.82, 2.24) is 10.6 Å². The Labute approximate surface area is 97.4 Å². The quantitative estimate of drug-likeness (QED) is 0.613. The summed E-state index contributed by atoms with van der Waals surface area (Å²) >= 11 is 1.25. The van der Waals surface area contributed by atoms with Crippen LogP contribution in [0.1, 0.15) is 10.9 Å². The Bertz CT molecular complexity index is 338. The molecule has 0 spiro atoms. The Morgan fingerprint density at radius 2 is 2.27 bits per heavy atom. The fraction of sp³-hybridized carbons (Fsp3) is 0.500. The maximum absolute atomic E-state index is 10.5. The van der Waals surface area contributed by atoms with E-state index in [2.05, 4.69) is 10.6 Å². The molecule has 0 bridgehead atoms. The standard InChI is InChI=1S/C8H11N3O2S.ClH/c12-11(13)8-2-1-7(14-8)6-5-9-3-4-10-6;/h1-2,6,9-10H,3-5H2;1H/t6-;/m0./s1. The van der Waals surface area contributed by atoms with E-state index in [9.17, 15) is 10.1 Å². The van der Waals surface area contributed by atoms with Gasteiger partial charge < -0.3 is 10.6 Å². The highest BCUT2D eigenvalue weighted by molar-refractivity contribution is 7.15. The number of hydrogen-bond acceptors (Lipinski definition) is 5. The van der Waals surface area contributed by atoms with E-state index in [1.807, 2.05) is 6.07 Å². The topological polar surface area (TPSA) is 67.2 Å². The van der Waals surface area contributed by atoms with Crippen LogP contribution in [0.3, 0.4) is 0 Å². The Balaban J connectivity index is 0.00000112. The molecule has 15 heavy (non-hydrogen) atoms. The van der Waals surface area contributed by atoms with Crippen LogP contribution in [-0.2, 0) is 0 Å². The van der Waals surface area contributed by atoms with Crippen LogP contribution >= 0.6 is 23.7 Å². The van der Waals surface area contributed by atoms with Crippen LogP contribution in [0.4, 0.5) is 5.00 Å². The average Bonchev–Trinajstić information content (AvgIpc) is 2.68. The zero-order valence-electron chi connectivity index (χ0n) is 7.93. The summed E-state index contributed by atoms with van der Waals surface area (Å²) in [4.78, 5) is 11.2. The Morgan fingerprint density at radius 3 is 2.80 bits per heavy atom. The zero-order valence-corrected chi connectivity index (χ0v) is 9.57. The molecule has 1 atom stereocenters. The minimum absolute atomic E-state index is 0. The molecule has 2 heterocycles. The van der Waals surface area contributed by atoms with Gasteiger partial charge in [0.25, 0.3) is 0 Å². The van der Waals surface area contributed by atoms with Crippen molar-refractivity contribution in [2.45, 2.75) is 6.04 Å². The minimum atomic E-state index is -0.343. The summed E-state index contributed by atoms with van der Waals surface area (Å²) in [5.74, 6) is 0. The second-order valence-electron chi connectivity index (χ2n) is 3.14. The van der Waals surface area contributed by atoms with Gasteiger partial charge in [0.1, 0.15) is 0 Å². The molecule has 5 nitrogen and oxygen atoms in total. The SMILES string of the molecule is Cl.O=[N+]([O-])c1ccc([C@@H]2CNCCN2)s1. The van der Waals surface area contributed by atoms with Gasteiger partial charge in [0, 0.05) is 30.6 Å². The number of piperazine rings is 1. The van der Waals surface area contributed by atoms with Crippen LogP contribution in [-0.4, -0.2) is 24.6 Å². The normalized spacial score (nSPS) is 20.7. The molecule has 0 radical (unpaired) electrons. The summed E-state index contributed by atoms with van der Waals surface area (Å²) in [5, 5.41) is 17.3. The van der Waals surface area contributed by atoms with E-state index in [1.165, 1.54) is 11.3 Å². The Hall–Kier alpha value is -0.690. The number of thiophene rings is 1. The number of halogens is 1. The molecule has 0 saturated carbocycles. The summed E-state index contributed by atoms with van der Waals surface area (Å²) < 4.78 is 0. The van der Waals surface area contributed by atoms with Crippen LogP contribution in [0.5, 0.6) is 0 Å². The van der Waals surface area contributed by atoms with E-state index in [1.54, 1.807) is 6.07 Å². The largest absolute Gasteiger partial charge is 0.324 e. The molecular weight excluding hydrogens is 238 g/mol. The van der Waals surface area contributed by atoms with E-state index < -0.39 is 0 Å². The molecule has 0 unspecified atom stereocenters. The maximum Gasteiger partial charge on any atom is 0.324 e. The smallest absolute Gasteiger partial charge is 0.314 e. The fourth-order valence-corrected chi connectivity index (χ4v) is 2.38. The van der Waals surface area contributed by atoms with Crippen molar-refractivity contribution in [2.75, 3.05) is 19.6 Å². The van der Waals surface area contributed by atoms with Gasteiger partial charge in [-0.15, -0.1) is 12.4 Å². The van der Waals surface area contributed by atoms with Crippen molar-refractivity contribution < 1.29 is 4.92 Å². The highest BCUT2D eigenvalue weighted by Crippen LogP contribution is 2.28. The van der Waals surface area contributed by atoms with Gasteiger partial charge in [-0.3, -0.25) is 10.1 Å². The summed E-state index contributed by atoms with van der Waals surface area (Å²) in [6.07, 6.45) is 0. The second kappa shape index (κ2) is 5.41. The van der Waals surface area contributed by atoms with E-state index in [-0.39, 0.29) is 28.4 Å². The molecule has 7 heteroatoms. The Morgan fingerprint density at radius 1 is 1.47 bits per heavy atom. The lowest BCUT2D eigenvalue weighted by molar-refractivity contribution is -0.380. The van der Waals surface area contributed by atoms with Crippen molar-refractivity contribution in [1.29, 1.82) is 0 Å². The zero-order chi connectivity index (χ0) is 9.97. The maximum atomic E-state index is 10.5. The summed E-state index contributed by atoms with van der Waals surface area (Å²) in [6.45, 7) is 2.72. The van der Waals surface area contributed by atoms with Crippen molar-refractivity contribution in [3.05, 3.63) is 27.1 Å². The van der Waals surface area contributed by atoms with Gasteiger partial charge in [-0.05, 0) is 6.07 Å². The minimum Gasteiger partial charge on any atom is -0.314 e. The van der Waals surface area contributed by atoms with E-state index in [0.29, 0.717) is 0 Å². The summed E-state index contributed by atoms with van der Waals surface area (Å²) in [6, 6.07) is 3.62. The highest BCUT2D eigenvalue weighted by atomic mass is 35.5. The monoisotopic (exact) mass is 249 g/mol. The van der Waals surface area contributed by atoms with Gasteiger partial charge in [-0.2, -0.15) is 0 Å². The first kappa shape index (κ1) is 12.4. The molecule has 0 aliphatic carbocycles. The summed E-state index contributed by atoms with van der Waals surface area (Å²) in [7, 11) is 0. The molecule has 1 aliphatic heterocycles. The molecule has 1 aromatic heterocycles. The molecule has 84 valence electrons. The molecule has 0 aromatic carbocycles. The van der Waals surface area contributed by atoms with E-state index >= 15 is 0 Å². The predicted molar refractivity (Wildman–Crippen MR) is 61.8 cm³/mol. The number of rotatable bonds is 2. The highest BCUT2D eigenvalue weighted by Gasteiger charge is 2.19. The first-order valence-corrected chi connectivity index (χ1v) is 5.27. The predicted octanol–water partition coefficient (Wildman–Crippen LogP) is 1.31. The Kier molecular flexibility index (Phi) is 4.46. The second-order valence-corrected chi connectivity index (χ2v) is 4.24. The van der Waals surface area contributed by atoms with Gasteiger partial charge in [0.15, 0.2) is 0 Å². The van der Waals surface area contributed by atoms with Crippen LogP contribution in [0, 0.1) is 10.1 Å².